The molecule has 5 heteroatoms. The summed E-state index contributed by atoms with van der Waals surface area (Å²) in [6.45, 7) is 2.36. The van der Waals surface area contributed by atoms with Crippen LogP contribution in [-0.4, -0.2) is 25.1 Å². The van der Waals surface area contributed by atoms with Crippen molar-refractivity contribution in [3.63, 3.8) is 0 Å². The Balaban J connectivity index is 2.42. The fraction of sp³-hybridized carbons (Fsp3) is 0.467. The number of nitriles is 1. The maximum atomic E-state index is 11.4. The number of rotatable bonds is 8. The highest BCUT2D eigenvalue weighted by molar-refractivity contribution is 5.77. The molecule has 3 N–H and O–H groups in total. The molecule has 0 aliphatic heterocycles. The van der Waals surface area contributed by atoms with E-state index in [1.807, 2.05) is 30.3 Å². The average Bonchev–Trinajstić information content (AvgIpc) is 2.45. The van der Waals surface area contributed by atoms with E-state index in [1.54, 1.807) is 0 Å². The molecule has 1 rings (SSSR count). The third kappa shape index (κ3) is 6.21. The molecule has 1 aromatic carbocycles. The van der Waals surface area contributed by atoms with Crippen LogP contribution >= 0.6 is 0 Å². The van der Waals surface area contributed by atoms with Crippen LogP contribution in [0.5, 0.6) is 5.75 Å². The lowest BCUT2D eigenvalue weighted by Gasteiger charge is -2.11. The Morgan fingerprint density at radius 3 is 3.05 bits per heavy atom. The quantitative estimate of drug-likeness (QED) is 0.701. The Kier molecular flexibility index (Phi) is 7.15. The fourth-order valence-corrected chi connectivity index (χ4v) is 1.67. The topological polar surface area (TPSA) is 88.1 Å². The van der Waals surface area contributed by atoms with Crippen LogP contribution < -0.4 is 15.8 Å². The molecule has 108 valence electrons. The molecule has 1 atom stereocenters. The minimum atomic E-state index is -0.226. The first kappa shape index (κ1) is 16.0. The number of hydrogen-bond donors (Lipinski definition) is 2. The van der Waals surface area contributed by atoms with E-state index in [2.05, 4.69) is 12.2 Å². The zero-order chi connectivity index (χ0) is 14.8. The molecule has 1 unspecified atom stereocenters. The van der Waals surface area contributed by atoms with Crippen molar-refractivity contribution in [1.29, 1.82) is 5.26 Å². The number of amides is 1. The van der Waals surface area contributed by atoms with Crippen LogP contribution in [0.25, 0.3) is 0 Å². The van der Waals surface area contributed by atoms with Crippen molar-refractivity contribution in [2.24, 2.45) is 5.73 Å². The summed E-state index contributed by atoms with van der Waals surface area (Å²) in [5, 5.41) is 11.0. The molecular weight excluding hydrogens is 254 g/mol. The second-order valence-corrected chi connectivity index (χ2v) is 4.57. The lowest BCUT2D eigenvalue weighted by molar-refractivity contribution is -0.123. The van der Waals surface area contributed by atoms with Gasteiger partial charge in [0.05, 0.1) is 12.5 Å². The van der Waals surface area contributed by atoms with Crippen LogP contribution in [0.3, 0.4) is 0 Å². The normalized spacial score (nSPS) is 11.4. The number of nitrogens with zero attached hydrogens (tertiary/aromatic N) is 1. The molecule has 20 heavy (non-hydrogen) atoms. The molecule has 0 saturated carbocycles. The van der Waals surface area contributed by atoms with E-state index in [9.17, 15) is 4.79 Å². The van der Waals surface area contributed by atoms with Gasteiger partial charge >= 0.3 is 0 Å². The highest BCUT2D eigenvalue weighted by Crippen LogP contribution is 2.14. The number of benzene rings is 1. The minimum absolute atomic E-state index is 0.0469. The van der Waals surface area contributed by atoms with E-state index in [4.69, 9.17) is 15.7 Å². The molecule has 0 aromatic heterocycles. The molecule has 0 bridgehead atoms. The summed E-state index contributed by atoms with van der Waals surface area (Å²) in [5.41, 5.74) is 7.01. The first-order chi connectivity index (χ1) is 9.65. The van der Waals surface area contributed by atoms with Crippen LogP contribution in [0.4, 0.5) is 0 Å². The second kappa shape index (κ2) is 8.94. The molecule has 0 saturated heterocycles. The molecule has 1 amide bonds. The number of nitrogens with one attached hydrogen (secondary N) is 1. The van der Waals surface area contributed by atoms with Crippen molar-refractivity contribution >= 4 is 5.91 Å². The van der Waals surface area contributed by atoms with E-state index in [-0.39, 0.29) is 18.6 Å². The molecule has 0 aliphatic rings. The lowest BCUT2D eigenvalue weighted by Crippen LogP contribution is -2.29. The molecular formula is C15H21N3O2. The third-order valence-corrected chi connectivity index (χ3v) is 2.85. The molecule has 5 nitrogen and oxygen atoms in total. The Labute approximate surface area is 119 Å². The predicted molar refractivity (Wildman–Crippen MR) is 77.1 cm³/mol. The van der Waals surface area contributed by atoms with E-state index >= 15 is 0 Å². The number of carbonyl (C=O) groups is 1. The first-order valence-corrected chi connectivity index (χ1v) is 6.76. The smallest absolute Gasteiger partial charge is 0.257 e. The van der Waals surface area contributed by atoms with Crippen LogP contribution in [-0.2, 0) is 11.2 Å². The molecule has 0 spiro atoms. The SMILES string of the molecule is CCC(N)Cc1cccc(OCC(=O)NCCC#N)c1. The molecule has 1 aromatic rings. The maximum Gasteiger partial charge on any atom is 0.257 e. The van der Waals surface area contributed by atoms with Crippen molar-refractivity contribution < 1.29 is 9.53 Å². The number of hydrogen-bond acceptors (Lipinski definition) is 4. The average molecular weight is 275 g/mol. The summed E-state index contributed by atoms with van der Waals surface area (Å²) in [7, 11) is 0. The largest absolute Gasteiger partial charge is 0.484 e. The van der Waals surface area contributed by atoms with E-state index < -0.39 is 0 Å². The summed E-state index contributed by atoms with van der Waals surface area (Å²) in [6, 6.07) is 9.69. The molecule has 0 radical (unpaired) electrons. The summed E-state index contributed by atoms with van der Waals surface area (Å²) < 4.78 is 5.42. The molecule has 0 aliphatic carbocycles. The standard InChI is InChI=1S/C15H21N3O2/c1-2-13(17)9-12-5-3-6-14(10-12)20-11-15(19)18-8-4-7-16/h3,5-6,10,13H,2,4,8-9,11,17H2,1H3,(H,18,19). The van der Waals surface area contributed by atoms with E-state index in [0.717, 1.165) is 18.4 Å². The summed E-state index contributed by atoms with van der Waals surface area (Å²) in [6.07, 6.45) is 2.02. The van der Waals surface area contributed by atoms with Gasteiger partial charge in [-0.2, -0.15) is 5.26 Å². The first-order valence-electron chi connectivity index (χ1n) is 6.76. The monoisotopic (exact) mass is 275 g/mol. The van der Waals surface area contributed by atoms with E-state index in [0.29, 0.717) is 18.7 Å². The van der Waals surface area contributed by atoms with Crippen LogP contribution in [0.2, 0.25) is 0 Å². The highest BCUT2D eigenvalue weighted by atomic mass is 16.5. The van der Waals surface area contributed by atoms with Gasteiger partial charge in [0.1, 0.15) is 5.75 Å². The fourth-order valence-electron chi connectivity index (χ4n) is 1.67. The number of ether oxygens (including phenoxy) is 1. The summed E-state index contributed by atoms with van der Waals surface area (Å²) >= 11 is 0. The van der Waals surface area contributed by atoms with Crippen molar-refractivity contribution in [2.45, 2.75) is 32.2 Å². The van der Waals surface area contributed by atoms with Gasteiger partial charge in [0, 0.05) is 12.6 Å². The third-order valence-electron chi connectivity index (χ3n) is 2.85. The number of nitrogens with two attached hydrogens (primary N) is 1. The Morgan fingerprint density at radius 1 is 1.55 bits per heavy atom. The Bertz CT molecular complexity index is 468. The zero-order valence-electron chi connectivity index (χ0n) is 11.8. The van der Waals surface area contributed by atoms with Gasteiger partial charge in [0.15, 0.2) is 6.61 Å². The van der Waals surface area contributed by atoms with E-state index in [1.165, 1.54) is 0 Å². The van der Waals surface area contributed by atoms with Gasteiger partial charge < -0.3 is 15.8 Å². The number of carbonyl (C=O) groups excluding carboxylic acids is 1. The Morgan fingerprint density at radius 2 is 2.35 bits per heavy atom. The van der Waals surface area contributed by atoms with Crippen molar-refractivity contribution in [2.75, 3.05) is 13.2 Å². The summed E-state index contributed by atoms with van der Waals surface area (Å²) in [4.78, 5) is 11.4. The van der Waals surface area contributed by atoms with Crippen LogP contribution in [0.1, 0.15) is 25.3 Å². The van der Waals surface area contributed by atoms with Crippen LogP contribution in [0.15, 0.2) is 24.3 Å². The predicted octanol–water partition coefficient (Wildman–Crippen LogP) is 1.38. The second-order valence-electron chi connectivity index (χ2n) is 4.57. The van der Waals surface area contributed by atoms with Gasteiger partial charge in [0.2, 0.25) is 0 Å². The van der Waals surface area contributed by atoms with Gasteiger partial charge in [-0.3, -0.25) is 4.79 Å². The highest BCUT2D eigenvalue weighted by Gasteiger charge is 2.05. The minimum Gasteiger partial charge on any atom is -0.484 e. The zero-order valence-corrected chi connectivity index (χ0v) is 11.8. The van der Waals surface area contributed by atoms with Gasteiger partial charge in [-0.05, 0) is 30.5 Å². The van der Waals surface area contributed by atoms with Gasteiger partial charge in [0.25, 0.3) is 5.91 Å². The van der Waals surface area contributed by atoms with Crippen LogP contribution in [0, 0.1) is 11.3 Å². The summed E-state index contributed by atoms with van der Waals surface area (Å²) in [5.74, 6) is 0.428. The van der Waals surface area contributed by atoms with Crippen molar-refractivity contribution in [3.8, 4) is 11.8 Å². The molecule has 0 heterocycles. The van der Waals surface area contributed by atoms with Crippen molar-refractivity contribution in [3.05, 3.63) is 29.8 Å². The Hall–Kier alpha value is -2.06. The van der Waals surface area contributed by atoms with Gasteiger partial charge in [-0.1, -0.05) is 19.1 Å². The molecule has 0 fully saturated rings. The lowest BCUT2D eigenvalue weighted by atomic mass is 10.0. The van der Waals surface area contributed by atoms with Crippen molar-refractivity contribution in [1.82, 2.24) is 5.32 Å². The van der Waals surface area contributed by atoms with Gasteiger partial charge in [-0.15, -0.1) is 0 Å². The van der Waals surface area contributed by atoms with Gasteiger partial charge in [-0.25, -0.2) is 0 Å². The maximum absolute atomic E-state index is 11.4.